The fourth-order valence-corrected chi connectivity index (χ4v) is 4.69. The maximum Gasteiger partial charge on any atom is 0.322 e. The van der Waals surface area contributed by atoms with E-state index in [0.29, 0.717) is 12.8 Å². The number of amides is 1. The van der Waals surface area contributed by atoms with Crippen LogP contribution in [0.1, 0.15) is 168 Å². The molecule has 0 aromatic heterocycles. The predicted octanol–water partition coefficient (Wildman–Crippen LogP) is 8.50. The van der Waals surface area contributed by atoms with Crippen LogP contribution in [-0.4, -0.2) is 35.6 Å². The fraction of sp³-hybridized carbons (Fsp3) is 0.903. The lowest BCUT2D eigenvalue weighted by Crippen LogP contribution is -2.28. The monoisotopic (exact) mass is 525 g/mol. The first kappa shape index (κ1) is 35.4. The van der Waals surface area contributed by atoms with Crippen LogP contribution in [0.15, 0.2) is 0 Å². The minimum absolute atomic E-state index is 0.0217. The number of unbranched alkanes of at least 4 members (excludes halogenated alkanes) is 17. The highest BCUT2D eigenvalue weighted by Gasteiger charge is 2.14. The number of aliphatic carboxylic acids is 1. The van der Waals surface area contributed by atoms with Gasteiger partial charge in [0.05, 0.1) is 0 Å². The molecule has 1 unspecified atom stereocenters. The Kier molecular flexibility index (Phi) is 26.3. The van der Waals surface area contributed by atoms with E-state index in [1.807, 2.05) is 0 Å². The van der Waals surface area contributed by atoms with Crippen LogP contribution in [0.5, 0.6) is 0 Å². The van der Waals surface area contributed by atoms with Gasteiger partial charge in [0.1, 0.15) is 12.6 Å². The van der Waals surface area contributed by atoms with Crippen molar-refractivity contribution in [2.45, 2.75) is 174 Å². The average Bonchev–Trinajstić information content (AvgIpc) is 2.87. The number of carbonyl (C=O) groups is 3. The van der Waals surface area contributed by atoms with E-state index in [0.717, 1.165) is 64.2 Å². The third-order valence-electron chi connectivity index (χ3n) is 7.03. The van der Waals surface area contributed by atoms with Crippen LogP contribution >= 0.6 is 0 Å². The third kappa shape index (κ3) is 27.3. The van der Waals surface area contributed by atoms with E-state index in [-0.39, 0.29) is 24.5 Å². The number of carbonyl (C=O) groups excluding carboxylic acids is 2. The van der Waals surface area contributed by atoms with E-state index >= 15 is 0 Å². The van der Waals surface area contributed by atoms with Gasteiger partial charge in [0.2, 0.25) is 5.91 Å². The number of hydrogen-bond donors (Lipinski definition) is 2. The Morgan fingerprint density at radius 2 is 1.00 bits per heavy atom. The lowest BCUT2D eigenvalue weighted by molar-refractivity contribution is -0.150. The summed E-state index contributed by atoms with van der Waals surface area (Å²) in [6.45, 7) is 4.11. The van der Waals surface area contributed by atoms with E-state index < -0.39 is 5.97 Å². The van der Waals surface area contributed by atoms with Crippen molar-refractivity contribution in [2.24, 2.45) is 0 Å². The highest BCUT2D eigenvalue weighted by molar-refractivity contribution is 5.80. The molecule has 0 spiro atoms. The van der Waals surface area contributed by atoms with E-state index in [1.54, 1.807) is 0 Å². The van der Waals surface area contributed by atoms with Gasteiger partial charge in [0.15, 0.2) is 0 Å². The van der Waals surface area contributed by atoms with Crippen LogP contribution in [0.2, 0.25) is 0 Å². The lowest BCUT2D eigenvalue weighted by atomic mass is 10.0. The molecule has 1 atom stereocenters. The van der Waals surface area contributed by atoms with Gasteiger partial charge in [-0.05, 0) is 38.5 Å². The Balaban J connectivity index is 3.81. The summed E-state index contributed by atoms with van der Waals surface area (Å²) in [5, 5.41) is 11.0. The van der Waals surface area contributed by atoms with Crippen molar-refractivity contribution in [3.05, 3.63) is 0 Å². The van der Waals surface area contributed by atoms with Crippen molar-refractivity contribution in [3.8, 4) is 0 Å². The average molecular weight is 526 g/mol. The number of esters is 1. The Bertz CT molecular complexity index is 552. The highest BCUT2D eigenvalue weighted by atomic mass is 16.5. The number of carboxylic acids is 1. The van der Waals surface area contributed by atoms with E-state index in [1.165, 1.54) is 77.0 Å². The smallest absolute Gasteiger partial charge is 0.322 e. The third-order valence-corrected chi connectivity index (χ3v) is 7.03. The van der Waals surface area contributed by atoms with Crippen molar-refractivity contribution in [2.75, 3.05) is 6.54 Å². The number of hydrogen-bond acceptors (Lipinski definition) is 4. The molecule has 0 bridgehead atoms. The summed E-state index contributed by atoms with van der Waals surface area (Å²) in [5.41, 5.74) is 0. The molecule has 0 saturated carbocycles. The lowest BCUT2D eigenvalue weighted by Gasteiger charge is -2.18. The predicted molar refractivity (Wildman–Crippen MR) is 153 cm³/mol. The van der Waals surface area contributed by atoms with Gasteiger partial charge in [-0.2, -0.15) is 0 Å². The van der Waals surface area contributed by atoms with Crippen molar-refractivity contribution in [1.82, 2.24) is 5.32 Å². The second-order valence-corrected chi connectivity index (χ2v) is 10.7. The molecule has 37 heavy (non-hydrogen) atoms. The van der Waals surface area contributed by atoms with Crippen LogP contribution in [0.25, 0.3) is 0 Å². The molecule has 0 radical (unpaired) electrons. The van der Waals surface area contributed by atoms with Gasteiger partial charge in [0.25, 0.3) is 0 Å². The van der Waals surface area contributed by atoms with Crippen LogP contribution in [0.3, 0.4) is 0 Å². The summed E-state index contributed by atoms with van der Waals surface area (Å²) in [6.07, 6.45) is 26.8. The Hall–Kier alpha value is -1.59. The van der Waals surface area contributed by atoms with Crippen molar-refractivity contribution >= 4 is 17.8 Å². The SMILES string of the molecule is CCCCCCCCCCCCCCCCC(=O)OC(CCCCC)CCCCCC(=O)NCC(=O)O. The molecule has 0 aliphatic heterocycles. The zero-order valence-electron chi connectivity index (χ0n) is 24.3. The minimum Gasteiger partial charge on any atom is -0.480 e. The zero-order chi connectivity index (χ0) is 27.4. The first-order valence-corrected chi connectivity index (χ1v) is 15.7. The van der Waals surface area contributed by atoms with Gasteiger partial charge in [0, 0.05) is 12.8 Å². The molecule has 0 fully saturated rings. The first-order valence-electron chi connectivity index (χ1n) is 15.7. The Morgan fingerprint density at radius 3 is 1.51 bits per heavy atom. The first-order chi connectivity index (χ1) is 18.0. The molecule has 0 rings (SSSR count). The summed E-state index contributed by atoms with van der Waals surface area (Å²) >= 11 is 0. The molecule has 0 aliphatic rings. The van der Waals surface area contributed by atoms with Gasteiger partial charge in [-0.3, -0.25) is 14.4 Å². The molecule has 0 saturated heterocycles. The molecular weight excluding hydrogens is 466 g/mol. The normalized spacial score (nSPS) is 11.8. The second-order valence-electron chi connectivity index (χ2n) is 10.7. The minimum atomic E-state index is -1.03. The Labute approximate surface area is 228 Å². The summed E-state index contributed by atoms with van der Waals surface area (Å²) < 4.78 is 5.82. The van der Waals surface area contributed by atoms with Gasteiger partial charge < -0.3 is 15.2 Å². The van der Waals surface area contributed by atoms with Crippen molar-refractivity contribution in [3.63, 3.8) is 0 Å². The van der Waals surface area contributed by atoms with Crippen LogP contribution < -0.4 is 5.32 Å². The maximum atomic E-state index is 12.4. The van der Waals surface area contributed by atoms with Crippen LogP contribution in [-0.2, 0) is 19.1 Å². The molecule has 0 aromatic carbocycles. The summed E-state index contributed by atoms with van der Waals surface area (Å²) in [6, 6.07) is 0. The second kappa shape index (κ2) is 27.4. The zero-order valence-corrected chi connectivity index (χ0v) is 24.3. The van der Waals surface area contributed by atoms with E-state index in [4.69, 9.17) is 9.84 Å². The number of carboxylic acid groups (broad SMARTS) is 1. The maximum absolute atomic E-state index is 12.4. The highest BCUT2D eigenvalue weighted by Crippen LogP contribution is 2.17. The largest absolute Gasteiger partial charge is 0.480 e. The van der Waals surface area contributed by atoms with Gasteiger partial charge in [-0.15, -0.1) is 0 Å². The molecule has 0 aromatic rings. The topological polar surface area (TPSA) is 92.7 Å². The molecule has 0 aliphatic carbocycles. The molecule has 1 amide bonds. The molecule has 0 heterocycles. The van der Waals surface area contributed by atoms with E-state index in [9.17, 15) is 14.4 Å². The standard InChI is InChI=1S/C31H59NO5/c1-3-5-7-8-9-10-11-12-13-14-15-16-17-22-26-31(36)37-28(23-19-6-4-2)24-20-18-21-25-29(33)32-27-30(34)35/h28H,3-27H2,1-2H3,(H,32,33)(H,34,35). The van der Waals surface area contributed by atoms with Crippen molar-refractivity contribution in [1.29, 1.82) is 0 Å². The molecule has 6 nitrogen and oxygen atoms in total. The molecule has 218 valence electrons. The Morgan fingerprint density at radius 1 is 0.595 bits per heavy atom. The quantitative estimate of drug-likeness (QED) is 0.0789. The summed E-state index contributed by atoms with van der Waals surface area (Å²) in [7, 11) is 0. The number of nitrogens with one attached hydrogen (secondary N) is 1. The van der Waals surface area contributed by atoms with Gasteiger partial charge in [-0.1, -0.05) is 117 Å². The number of rotatable bonds is 28. The fourth-order valence-electron chi connectivity index (χ4n) is 4.69. The summed E-state index contributed by atoms with van der Waals surface area (Å²) in [4.78, 5) is 34.5. The van der Waals surface area contributed by atoms with Gasteiger partial charge in [-0.25, -0.2) is 0 Å². The molecular formula is C31H59NO5. The van der Waals surface area contributed by atoms with Crippen molar-refractivity contribution < 1.29 is 24.2 Å². The van der Waals surface area contributed by atoms with Crippen LogP contribution in [0.4, 0.5) is 0 Å². The molecule has 2 N–H and O–H groups in total. The molecule has 6 heteroatoms. The van der Waals surface area contributed by atoms with Crippen LogP contribution in [0, 0.1) is 0 Å². The van der Waals surface area contributed by atoms with Gasteiger partial charge >= 0.3 is 11.9 Å². The van der Waals surface area contributed by atoms with E-state index in [2.05, 4.69) is 19.2 Å². The summed E-state index contributed by atoms with van der Waals surface area (Å²) in [5.74, 6) is -1.31. The number of ether oxygens (including phenoxy) is 1.